The second kappa shape index (κ2) is 11.5. The van der Waals surface area contributed by atoms with Crippen LogP contribution in [-0.2, 0) is 14.3 Å². The number of carbonyl (C=O) groups is 3. The lowest BCUT2D eigenvalue weighted by Gasteiger charge is -2.40. The standard InChI is InChI=1S/C25H33ClN4O4/c1-5-11-30-20(16-28-12-14-29(15-13-28)23(31)17(3)4)21(24(32)34-6-2)22(27-25(30)33)18-7-9-19(26)10-8-18/h5,7-10,17,22H,1,6,11-16H2,2-4H3,(H,27,33). The summed E-state index contributed by atoms with van der Waals surface area (Å²) in [5.41, 5.74) is 1.72. The number of benzene rings is 1. The molecule has 1 aromatic rings. The van der Waals surface area contributed by atoms with Crippen molar-refractivity contribution in [2.45, 2.75) is 26.8 Å². The van der Waals surface area contributed by atoms with Gasteiger partial charge in [-0.05, 0) is 24.6 Å². The first-order chi connectivity index (χ1) is 16.3. The predicted octanol–water partition coefficient (Wildman–Crippen LogP) is 3.21. The van der Waals surface area contributed by atoms with Gasteiger partial charge < -0.3 is 15.0 Å². The Balaban J connectivity index is 1.97. The van der Waals surface area contributed by atoms with Gasteiger partial charge in [-0.15, -0.1) is 6.58 Å². The van der Waals surface area contributed by atoms with Crippen LogP contribution < -0.4 is 5.32 Å². The average molecular weight is 489 g/mol. The molecular weight excluding hydrogens is 456 g/mol. The maximum atomic E-state index is 13.2. The van der Waals surface area contributed by atoms with Gasteiger partial charge in [0.1, 0.15) is 0 Å². The van der Waals surface area contributed by atoms with Gasteiger partial charge in [0.15, 0.2) is 0 Å². The van der Waals surface area contributed by atoms with E-state index in [1.807, 2.05) is 18.7 Å². The molecule has 1 unspecified atom stereocenters. The third kappa shape index (κ3) is 5.80. The number of urea groups is 1. The lowest BCUT2D eigenvalue weighted by molar-refractivity contribution is -0.139. The van der Waals surface area contributed by atoms with E-state index >= 15 is 0 Å². The lowest BCUT2D eigenvalue weighted by Crippen LogP contribution is -2.54. The van der Waals surface area contributed by atoms with E-state index in [2.05, 4.69) is 16.8 Å². The maximum Gasteiger partial charge on any atom is 0.338 e. The van der Waals surface area contributed by atoms with Gasteiger partial charge in [-0.3, -0.25) is 14.6 Å². The maximum absolute atomic E-state index is 13.2. The third-order valence-electron chi connectivity index (χ3n) is 6.00. The topological polar surface area (TPSA) is 82.2 Å². The molecule has 1 N–H and O–H groups in total. The van der Waals surface area contributed by atoms with Crippen LogP contribution in [-0.4, -0.2) is 78.5 Å². The number of hydrogen-bond acceptors (Lipinski definition) is 5. The van der Waals surface area contributed by atoms with Crippen LogP contribution >= 0.6 is 11.6 Å². The summed E-state index contributed by atoms with van der Waals surface area (Å²) in [5, 5.41) is 3.51. The van der Waals surface area contributed by atoms with Crippen LogP contribution in [0.5, 0.6) is 0 Å². The summed E-state index contributed by atoms with van der Waals surface area (Å²) in [7, 11) is 0. The van der Waals surface area contributed by atoms with Crippen molar-refractivity contribution >= 4 is 29.5 Å². The fourth-order valence-corrected chi connectivity index (χ4v) is 4.38. The van der Waals surface area contributed by atoms with Crippen molar-refractivity contribution in [1.82, 2.24) is 20.0 Å². The van der Waals surface area contributed by atoms with Crippen molar-refractivity contribution in [3.8, 4) is 0 Å². The van der Waals surface area contributed by atoms with Crippen LogP contribution in [0.3, 0.4) is 0 Å². The van der Waals surface area contributed by atoms with E-state index in [1.54, 1.807) is 37.3 Å². The van der Waals surface area contributed by atoms with Crippen molar-refractivity contribution in [2.75, 3.05) is 45.9 Å². The molecule has 3 amide bonds. The van der Waals surface area contributed by atoms with Crippen LogP contribution in [0.4, 0.5) is 4.79 Å². The SMILES string of the molecule is C=CCN1C(=O)NC(c2ccc(Cl)cc2)C(C(=O)OCC)=C1CN1CCN(C(=O)C(C)C)CC1. The van der Waals surface area contributed by atoms with E-state index in [0.717, 1.165) is 5.56 Å². The van der Waals surface area contributed by atoms with E-state index in [9.17, 15) is 14.4 Å². The highest BCUT2D eigenvalue weighted by Gasteiger charge is 2.38. The van der Waals surface area contributed by atoms with Crippen molar-refractivity contribution in [3.05, 3.63) is 58.8 Å². The van der Waals surface area contributed by atoms with Gasteiger partial charge in [-0.25, -0.2) is 9.59 Å². The summed E-state index contributed by atoms with van der Waals surface area (Å²) in [4.78, 5) is 44.2. The Morgan fingerprint density at radius 3 is 2.41 bits per heavy atom. The molecule has 1 atom stereocenters. The zero-order valence-electron chi connectivity index (χ0n) is 20.1. The zero-order chi connectivity index (χ0) is 24.8. The van der Waals surface area contributed by atoms with E-state index in [0.29, 0.717) is 49.0 Å². The van der Waals surface area contributed by atoms with Gasteiger partial charge in [-0.1, -0.05) is 43.7 Å². The molecular formula is C25H33ClN4O4. The smallest absolute Gasteiger partial charge is 0.338 e. The molecule has 9 heteroatoms. The number of nitrogens with one attached hydrogen (secondary N) is 1. The molecule has 2 heterocycles. The second-order valence-electron chi connectivity index (χ2n) is 8.67. The number of hydrogen-bond donors (Lipinski definition) is 1. The quantitative estimate of drug-likeness (QED) is 0.449. The summed E-state index contributed by atoms with van der Waals surface area (Å²) in [6.07, 6.45) is 1.63. The Labute approximate surface area is 206 Å². The molecule has 0 aliphatic carbocycles. The fourth-order valence-electron chi connectivity index (χ4n) is 4.25. The van der Waals surface area contributed by atoms with Crippen molar-refractivity contribution in [2.24, 2.45) is 5.92 Å². The summed E-state index contributed by atoms with van der Waals surface area (Å²) in [6.45, 7) is 12.7. The highest BCUT2D eigenvalue weighted by molar-refractivity contribution is 6.30. The molecule has 2 aliphatic heterocycles. The number of ether oxygens (including phenoxy) is 1. The van der Waals surface area contributed by atoms with E-state index in [4.69, 9.17) is 16.3 Å². The highest BCUT2D eigenvalue weighted by Crippen LogP contribution is 2.33. The van der Waals surface area contributed by atoms with Crippen LogP contribution in [0.1, 0.15) is 32.4 Å². The highest BCUT2D eigenvalue weighted by atomic mass is 35.5. The molecule has 1 fully saturated rings. The number of piperazine rings is 1. The number of carbonyl (C=O) groups excluding carboxylic acids is 3. The van der Waals surface area contributed by atoms with Crippen LogP contribution in [0.25, 0.3) is 0 Å². The molecule has 184 valence electrons. The molecule has 1 aromatic carbocycles. The Morgan fingerprint density at radius 2 is 1.85 bits per heavy atom. The first-order valence-corrected chi connectivity index (χ1v) is 12.0. The summed E-state index contributed by atoms with van der Waals surface area (Å²) in [5.74, 6) is -0.380. The molecule has 8 nitrogen and oxygen atoms in total. The number of amides is 3. The Bertz CT molecular complexity index is 952. The van der Waals surface area contributed by atoms with Gasteiger partial charge in [0.25, 0.3) is 0 Å². The molecule has 34 heavy (non-hydrogen) atoms. The fraction of sp³-hybridized carbons (Fsp3) is 0.480. The monoisotopic (exact) mass is 488 g/mol. The minimum Gasteiger partial charge on any atom is -0.463 e. The molecule has 2 aliphatic rings. The van der Waals surface area contributed by atoms with Crippen molar-refractivity contribution in [1.29, 1.82) is 0 Å². The van der Waals surface area contributed by atoms with E-state index in [1.165, 1.54) is 4.90 Å². The first kappa shape index (κ1) is 25.8. The summed E-state index contributed by atoms with van der Waals surface area (Å²) < 4.78 is 5.41. The molecule has 0 aromatic heterocycles. The second-order valence-corrected chi connectivity index (χ2v) is 9.11. The van der Waals surface area contributed by atoms with Crippen LogP contribution in [0.2, 0.25) is 5.02 Å². The van der Waals surface area contributed by atoms with Gasteiger partial charge >= 0.3 is 12.0 Å². The number of esters is 1. The normalized spacial score (nSPS) is 19.3. The van der Waals surface area contributed by atoms with E-state index < -0.39 is 12.0 Å². The van der Waals surface area contributed by atoms with Gasteiger partial charge in [-0.2, -0.15) is 0 Å². The van der Waals surface area contributed by atoms with Gasteiger partial charge in [0.2, 0.25) is 5.91 Å². The van der Waals surface area contributed by atoms with E-state index in [-0.39, 0.29) is 31.0 Å². The molecule has 3 rings (SSSR count). The number of nitrogens with zero attached hydrogens (tertiary/aromatic N) is 3. The third-order valence-corrected chi connectivity index (χ3v) is 6.25. The Morgan fingerprint density at radius 1 is 1.21 bits per heavy atom. The van der Waals surface area contributed by atoms with Crippen LogP contribution in [0, 0.1) is 5.92 Å². The number of halogens is 1. The van der Waals surface area contributed by atoms with Gasteiger partial charge in [0.05, 0.1) is 18.2 Å². The van der Waals surface area contributed by atoms with Crippen molar-refractivity contribution in [3.63, 3.8) is 0 Å². The summed E-state index contributed by atoms with van der Waals surface area (Å²) >= 11 is 6.06. The largest absolute Gasteiger partial charge is 0.463 e. The molecule has 0 radical (unpaired) electrons. The van der Waals surface area contributed by atoms with Crippen LogP contribution in [0.15, 0.2) is 48.2 Å². The zero-order valence-corrected chi connectivity index (χ0v) is 20.8. The minimum atomic E-state index is -0.663. The molecule has 0 saturated carbocycles. The molecule has 1 saturated heterocycles. The minimum absolute atomic E-state index is 0.0464. The predicted molar refractivity (Wildman–Crippen MR) is 131 cm³/mol. The van der Waals surface area contributed by atoms with Gasteiger partial charge in [0, 0.05) is 55.9 Å². The average Bonchev–Trinajstić information content (AvgIpc) is 2.81. The Hall–Kier alpha value is -2.84. The Kier molecular flexibility index (Phi) is 8.74. The first-order valence-electron chi connectivity index (χ1n) is 11.6. The van der Waals surface area contributed by atoms with Crippen molar-refractivity contribution < 1.29 is 19.1 Å². The lowest BCUT2D eigenvalue weighted by atomic mass is 9.94. The number of rotatable bonds is 8. The molecule has 0 bridgehead atoms. The molecule has 0 spiro atoms. The summed E-state index contributed by atoms with van der Waals surface area (Å²) in [6, 6.07) is 6.08.